The van der Waals surface area contributed by atoms with Crippen LogP contribution in [0.5, 0.6) is 0 Å². The van der Waals surface area contributed by atoms with Crippen LogP contribution in [0, 0.1) is 0 Å². The second kappa shape index (κ2) is 6.33. The van der Waals surface area contributed by atoms with E-state index in [9.17, 15) is 5.11 Å². The van der Waals surface area contributed by atoms with Crippen molar-refractivity contribution in [2.45, 2.75) is 83.1 Å². The molecule has 18 heavy (non-hydrogen) atoms. The molecule has 0 aromatic rings. The zero-order valence-electron chi connectivity index (χ0n) is 11.7. The third-order valence-electron chi connectivity index (χ3n) is 3.76. The fraction of sp³-hybridized carbons (Fsp3) is 1.00. The van der Waals surface area contributed by atoms with Crippen molar-refractivity contribution in [3.63, 3.8) is 0 Å². The predicted octanol–water partition coefficient (Wildman–Crippen LogP) is 1.89. The summed E-state index contributed by atoms with van der Waals surface area (Å²) in [6, 6.07) is 0. The first-order chi connectivity index (χ1) is 8.60. The highest BCUT2D eigenvalue weighted by Gasteiger charge is 2.43. The van der Waals surface area contributed by atoms with E-state index in [0.29, 0.717) is 13.0 Å². The lowest BCUT2D eigenvalue weighted by atomic mass is 9.87. The largest absolute Gasteiger partial charge is 0.390 e. The van der Waals surface area contributed by atoms with Gasteiger partial charge in [-0.05, 0) is 33.1 Å². The first-order valence-electron chi connectivity index (χ1n) is 7.20. The summed E-state index contributed by atoms with van der Waals surface area (Å²) < 4.78 is 17.4. The summed E-state index contributed by atoms with van der Waals surface area (Å²) in [6.45, 7) is 6.95. The Morgan fingerprint density at radius 1 is 1.17 bits per heavy atom. The summed E-state index contributed by atoms with van der Waals surface area (Å²) in [4.78, 5) is 0. The van der Waals surface area contributed by atoms with Crippen molar-refractivity contribution < 1.29 is 19.3 Å². The van der Waals surface area contributed by atoms with Gasteiger partial charge in [-0.15, -0.1) is 0 Å². The molecular formula is C14H26O4. The molecular weight excluding hydrogens is 232 g/mol. The molecule has 1 aliphatic heterocycles. The highest BCUT2D eigenvalue weighted by Crippen LogP contribution is 2.32. The van der Waals surface area contributed by atoms with Gasteiger partial charge >= 0.3 is 0 Å². The highest BCUT2D eigenvalue weighted by molar-refractivity contribution is 4.93. The van der Waals surface area contributed by atoms with E-state index in [2.05, 4.69) is 20.8 Å². The van der Waals surface area contributed by atoms with E-state index in [4.69, 9.17) is 14.2 Å². The van der Waals surface area contributed by atoms with Gasteiger partial charge in [-0.3, -0.25) is 0 Å². The van der Waals surface area contributed by atoms with Crippen molar-refractivity contribution in [3.8, 4) is 0 Å². The van der Waals surface area contributed by atoms with Gasteiger partial charge in [0.25, 0.3) is 0 Å². The lowest BCUT2D eigenvalue weighted by Gasteiger charge is -2.44. The monoisotopic (exact) mass is 258 g/mol. The SMILES string of the molecule is CCCOC1C(O)CC1OC1CC(C)OC(C)C1. The molecule has 5 atom stereocenters. The van der Waals surface area contributed by atoms with Crippen LogP contribution in [0.3, 0.4) is 0 Å². The van der Waals surface area contributed by atoms with Crippen molar-refractivity contribution >= 4 is 0 Å². The normalized spacial score (nSPS) is 44.7. The summed E-state index contributed by atoms with van der Waals surface area (Å²) in [5.41, 5.74) is 0. The molecule has 0 amide bonds. The minimum atomic E-state index is -0.351. The third-order valence-corrected chi connectivity index (χ3v) is 3.76. The molecule has 2 rings (SSSR count). The first kappa shape index (κ1) is 14.3. The van der Waals surface area contributed by atoms with E-state index in [0.717, 1.165) is 19.3 Å². The average molecular weight is 258 g/mol. The molecule has 4 heteroatoms. The highest BCUT2D eigenvalue weighted by atomic mass is 16.6. The van der Waals surface area contributed by atoms with Gasteiger partial charge in [-0.2, -0.15) is 0 Å². The zero-order chi connectivity index (χ0) is 13.1. The minimum Gasteiger partial charge on any atom is -0.390 e. The number of rotatable bonds is 5. The molecule has 1 saturated heterocycles. The molecule has 106 valence electrons. The van der Waals surface area contributed by atoms with Gasteiger partial charge in [-0.1, -0.05) is 6.92 Å². The molecule has 1 aliphatic carbocycles. The lowest BCUT2D eigenvalue weighted by Crippen LogP contribution is -2.55. The maximum Gasteiger partial charge on any atom is 0.110 e. The lowest BCUT2D eigenvalue weighted by molar-refractivity contribution is -0.223. The maximum atomic E-state index is 9.71. The molecule has 4 nitrogen and oxygen atoms in total. The Hall–Kier alpha value is -0.160. The van der Waals surface area contributed by atoms with Gasteiger partial charge in [0.2, 0.25) is 0 Å². The fourth-order valence-corrected chi connectivity index (χ4v) is 2.87. The second-order valence-electron chi connectivity index (χ2n) is 5.66. The van der Waals surface area contributed by atoms with Crippen molar-refractivity contribution in [1.29, 1.82) is 0 Å². The van der Waals surface area contributed by atoms with Gasteiger partial charge < -0.3 is 19.3 Å². The Morgan fingerprint density at radius 2 is 1.83 bits per heavy atom. The van der Waals surface area contributed by atoms with Gasteiger partial charge in [0.05, 0.1) is 30.5 Å². The Balaban J connectivity index is 1.78. The van der Waals surface area contributed by atoms with Gasteiger partial charge in [0, 0.05) is 13.0 Å². The third kappa shape index (κ3) is 3.44. The van der Waals surface area contributed by atoms with Crippen LogP contribution in [-0.2, 0) is 14.2 Å². The van der Waals surface area contributed by atoms with Crippen LogP contribution in [0.2, 0.25) is 0 Å². The molecule has 1 saturated carbocycles. The standard InChI is InChI=1S/C14H26O4/c1-4-5-16-14-12(15)8-13(14)18-11-6-9(2)17-10(3)7-11/h9-15H,4-8H2,1-3H3. The number of ether oxygens (including phenoxy) is 3. The Kier molecular flexibility index (Phi) is 5.01. The molecule has 0 aromatic carbocycles. The molecule has 0 radical (unpaired) electrons. The van der Waals surface area contributed by atoms with Gasteiger partial charge in [0.15, 0.2) is 0 Å². The smallest absolute Gasteiger partial charge is 0.110 e. The molecule has 0 aromatic heterocycles. The van der Waals surface area contributed by atoms with E-state index in [-0.39, 0.29) is 36.6 Å². The number of hydrogen-bond donors (Lipinski definition) is 1. The Morgan fingerprint density at radius 3 is 2.39 bits per heavy atom. The van der Waals surface area contributed by atoms with Crippen LogP contribution in [0.4, 0.5) is 0 Å². The van der Waals surface area contributed by atoms with E-state index >= 15 is 0 Å². The molecule has 0 bridgehead atoms. The molecule has 2 fully saturated rings. The average Bonchev–Trinajstić information content (AvgIpc) is 2.27. The van der Waals surface area contributed by atoms with Crippen LogP contribution < -0.4 is 0 Å². The van der Waals surface area contributed by atoms with Crippen LogP contribution >= 0.6 is 0 Å². The second-order valence-corrected chi connectivity index (χ2v) is 5.66. The van der Waals surface area contributed by atoms with Crippen molar-refractivity contribution in [3.05, 3.63) is 0 Å². The number of hydrogen-bond acceptors (Lipinski definition) is 4. The molecule has 2 aliphatic rings. The van der Waals surface area contributed by atoms with Crippen molar-refractivity contribution in [2.24, 2.45) is 0 Å². The topological polar surface area (TPSA) is 47.9 Å². The fourth-order valence-electron chi connectivity index (χ4n) is 2.87. The van der Waals surface area contributed by atoms with Crippen LogP contribution in [0.1, 0.15) is 46.5 Å². The molecule has 1 heterocycles. The number of aliphatic hydroxyl groups excluding tert-OH is 1. The van der Waals surface area contributed by atoms with Crippen LogP contribution in [-0.4, -0.2) is 48.3 Å². The minimum absolute atomic E-state index is 0.0639. The zero-order valence-corrected chi connectivity index (χ0v) is 11.7. The Labute approximate surface area is 110 Å². The van der Waals surface area contributed by atoms with Crippen molar-refractivity contribution in [1.82, 2.24) is 0 Å². The van der Waals surface area contributed by atoms with E-state index in [1.54, 1.807) is 0 Å². The summed E-state index contributed by atoms with van der Waals surface area (Å²) in [5, 5.41) is 9.71. The summed E-state index contributed by atoms with van der Waals surface area (Å²) in [6.07, 6.45) is 3.92. The molecule has 5 unspecified atom stereocenters. The maximum absolute atomic E-state index is 9.71. The molecule has 1 N–H and O–H groups in total. The molecule has 0 spiro atoms. The quantitative estimate of drug-likeness (QED) is 0.818. The Bertz CT molecular complexity index is 248. The van der Waals surface area contributed by atoms with E-state index in [1.165, 1.54) is 0 Å². The van der Waals surface area contributed by atoms with Crippen LogP contribution in [0.25, 0.3) is 0 Å². The van der Waals surface area contributed by atoms with E-state index < -0.39 is 0 Å². The summed E-state index contributed by atoms with van der Waals surface area (Å²) in [7, 11) is 0. The van der Waals surface area contributed by atoms with Crippen LogP contribution in [0.15, 0.2) is 0 Å². The predicted molar refractivity (Wildman–Crippen MR) is 68.6 cm³/mol. The van der Waals surface area contributed by atoms with Crippen molar-refractivity contribution in [2.75, 3.05) is 6.61 Å². The summed E-state index contributed by atoms with van der Waals surface area (Å²) >= 11 is 0. The summed E-state index contributed by atoms with van der Waals surface area (Å²) in [5.74, 6) is 0. The van der Waals surface area contributed by atoms with E-state index in [1.807, 2.05) is 0 Å². The number of aliphatic hydroxyl groups is 1. The van der Waals surface area contributed by atoms with Gasteiger partial charge in [0.1, 0.15) is 6.10 Å². The first-order valence-corrected chi connectivity index (χ1v) is 7.20. The van der Waals surface area contributed by atoms with Gasteiger partial charge in [-0.25, -0.2) is 0 Å².